The maximum absolute atomic E-state index is 3.37. The maximum atomic E-state index is 3.37. The number of nitrogens with one attached hydrogen (secondary N) is 1. The van der Waals surface area contributed by atoms with Crippen LogP contribution in [0.25, 0.3) is 0 Å². The Morgan fingerprint density at radius 2 is 1.86 bits per heavy atom. The highest BCUT2D eigenvalue weighted by Crippen LogP contribution is 2.02. The second kappa shape index (κ2) is 9.47. The summed E-state index contributed by atoms with van der Waals surface area (Å²) in [7, 11) is 0. The van der Waals surface area contributed by atoms with E-state index >= 15 is 0 Å². The third-order valence-electron chi connectivity index (χ3n) is 2.55. The minimum atomic E-state index is 0.831. The number of hydrogen-bond donors (Lipinski definition) is 1. The molecule has 86 valence electrons. The van der Waals surface area contributed by atoms with Crippen molar-refractivity contribution in [3.8, 4) is 0 Å². The first kappa shape index (κ1) is 13.9. The van der Waals surface area contributed by atoms with Gasteiger partial charge in [0.25, 0.3) is 0 Å². The topological polar surface area (TPSA) is 15.3 Å². The van der Waals surface area contributed by atoms with Gasteiger partial charge in [-0.3, -0.25) is 0 Å². The summed E-state index contributed by atoms with van der Waals surface area (Å²) in [4.78, 5) is 2.55. The summed E-state index contributed by atoms with van der Waals surface area (Å²) in [5.74, 6) is 0.831. The summed E-state index contributed by atoms with van der Waals surface area (Å²) in [6.45, 7) is 15.0. The second-order valence-electron chi connectivity index (χ2n) is 4.32. The lowest BCUT2D eigenvalue weighted by molar-refractivity contribution is 0.266. The monoisotopic (exact) mass is 200 g/mol. The van der Waals surface area contributed by atoms with Gasteiger partial charge in [-0.1, -0.05) is 27.7 Å². The Morgan fingerprint density at radius 3 is 2.36 bits per heavy atom. The van der Waals surface area contributed by atoms with Crippen LogP contribution in [-0.2, 0) is 0 Å². The Balaban J connectivity index is 3.38. The smallest absolute Gasteiger partial charge is 0.000675 e. The molecule has 0 bridgehead atoms. The third kappa shape index (κ3) is 8.52. The van der Waals surface area contributed by atoms with Crippen molar-refractivity contribution in [2.75, 3.05) is 32.7 Å². The van der Waals surface area contributed by atoms with E-state index in [0.29, 0.717) is 0 Å². The quantitative estimate of drug-likeness (QED) is 0.575. The maximum Gasteiger partial charge on any atom is -0.000675 e. The van der Waals surface area contributed by atoms with Crippen LogP contribution in [0.3, 0.4) is 0 Å². The molecular formula is C12H28N2. The van der Waals surface area contributed by atoms with Crippen LogP contribution in [0.2, 0.25) is 0 Å². The van der Waals surface area contributed by atoms with Gasteiger partial charge in [0.05, 0.1) is 0 Å². The van der Waals surface area contributed by atoms with Gasteiger partial charge in [-0.25, -0.2) is 0 Å². The molecule has 14 heavy (non-hydrogen) atoms. The van der Waals surface area contributed by atoms with Gasteiger partial charge in [-0.15, -0.1) is 0 Å². The molecule has 0 aromatic carbocycles. The highest BCUT2D eigenvalue weighted by atomic mass is 15.1. The Hall–Kier alpha value is -0.0800. The van der Waals surface area contributed by atoms with Crippen molar-refractivity contribution in [2.45, 2.75) is 40.5 Å². The predicted octanol–water partition coefficient (Wildman–Crippen LogP) is 2.35. The molecule has 0 spiro atoms. The van der Waals surface area contributed by atoms with E-state index in [4.69, 9.17) is 0 Å². The highest BCUT2D eigenvalue weighted by Gasteiger charge is 2.02. The summed E-state index contributed by atoms with van der Waals surface area (Å²) in [6, 6.07) is 0. The third-order valence-corrected chi connectivity index (χ3v) is 2.55. The highest BCUT2D eigenvalue weighted by molar-refractivity contribution is 4.58. The standard InChI is InChI=1S/C12H28N2/c1-5-13-9-7-10-14(6-2)11-8-12(3)4/h12-13H,5-11H2,1-4H3. The SMILES string of the molecule is CCNCCCN(CC)CCC(C)C. The molecule has 0 heterocycles. The van der Waals surface area contributed by atoms with Crippen molar-refractivity contribution in [3.63, 3.8) is 0 Å². The zero-order chi connectivity index (χ0) is 10.8. The molecule has 0 saturated heterocycles. The van der Waals surface area contributed by atoms with E-state index < -0.39 is 0 Å². The van der Waals surface area contributed by atoms with Gasteiger partial charge >= 0.3 is 0 Å². The van der Waals surface area contributed by atoms with Gasteiger partial charge in [-0.05, 0) is 51.5 Å². The van der Waals surface area contributed by atoms with E-state index in [1.807, 2.05) is 0 Å². The van der Waals surface area contributed by atoms with Crippen LogP contribution in [0, 0.1) is 5.92 Å². The second-order valence-corrected chi connectivity index (χ2v) is 4.32. The normalized spacial score (nSPS) is 11.6. The van der Waals surface area contributed by atoms with Gasteiger partial charge in [-0.2, -0.15) is 0 Å². The van der Waals surface area contributed by atoms with Crippen molar-refractivity contribution in [1.82, 2.24) is 10.2 Å². The van der Waals surface area contributed by atoms with Crippen molar-refractivity contribution in [2.24, 2.45) is 5.92 Å². The van der Waals surface area contributed by atoms with Crippen LogP contribution in [-0.4, -0.2) is 37.6 Å². The summed E-state index contributed by atoms with van der Waals surface area (Å²) in [5, 5.41) is 3.37. The Kier molecular flexibility index (Phi) is 9.42. The van der Waals surface area contributed by atoms with Crippen LogP contribution in [0.15, 0.2) is 0 Å². The molecule has 2 nitrogen and oxygen atoms in total. The van der Waals surface area contributed by atoms with Crippen molar-refractivity contribution < 1.29 is 0 Å². The minimum Gasteiger partial charge on any atom is -0.317 e. The van der Waals surface area contributed by atoms with E-state index in [9.17, 15) is 0 Å². The van der Waals surface area contributed by atoms with Crippen LogP contribution in [0.4, 0.5) is 0 Å². The summed E-state index contributed by atoms with van der Waals surface area (Å²) < 4.78 is 0. The molecule has 1 N–H and O–H groups in total. The van der Waals surface area contributed by atoms with Crippen molar-refractivity contribution >= 4 is 0 Å². The molecule has 2 heteroatoms. The lowest BCUT2D eigenvalue weighted by atomic mass is 10.1. The average molecular weight is 200 g/mol. The summed E-state index contributed by atoms with van der Waals surface area (Å²) in [5.41, 5.74) is 0. The Labute approximate surface area is 90.1 Å². The summed E-state index contributed by atoms with van der Waals surface area (Å²) >= 11 is 0. The van der Waals surface area contributed by atoms with Gasteiger partial charge in [0.15, 0.2) is 0 Å². The fraction of sp³-hybridized carbons (Fsp3) is 1.00. The van der Waals surface area contributed by atoms with Crippen molar-refractivity contribution in [3.05, 3.63) is 0 Å². The molecule has 0 aliphatic carbocycles. The molecule has 0 rings (SSSR count). The molecule has 0 saturated carbocycles. The van der Waals surface area contributed by atoms with Crippen LogP contribution >= 0.6 is 0 Å². The average Bonchev–Trinajstić information content (AvgIpc) is 2.16. The Morgan fingerprint density at radius 1 is 1.14 bits per heavy atom. The van der Waals surface area contributed by atoms with E-state index in [1.165, 1.54) is 32.5 Å². The largest absolute Gasteiger partial charge is 0.317 e. The van der Waals surface area contributed by atoms with Crippen LogP contribution < -0.4 is 5.32 Å². The van der Waals surface area contributed by atoms with Gasteiger partial charge in [0.2, 0.25) is 0 Å². The zero-order valence-corrected chi connectivity index (χ0v) is 10.5. The lowest BCUT2D eigenvalue weighted by Crippen LogP contribution is -2.29. The van der Waals surface area contributed by atoms with Gasteiger partial charge < -0.3 is 10.2 Å². The first-order valence-corrected chi connectivity index (χ1v) is 6.13. The summed E-state index contributed by atoms with van der Waals surface area (Å²) in [6.07, 6.45) is 2.61. The van der Waals surface area contributed by atoms with E-state index in [1.54, 1.807) is 0 Å². The Bertz CT molecular complexity index is 113. The molecule has 0 aliphatic heterocycles. The number of rotatable bonds is 9. The van der Waals surface area contributed by atoms with Gasteiger partial charge in [0.1, 0.15) is 0 Å². The molecular weight excluding hydrogens is 172 g/mol. The van der Waals surface area contributed by atoms with E-state index in [2.05, 4.69) is 37.9 Å². The zero-order valence-electron chi connectivity index (χ0n) is 10.5. The molecule has 0 amide bonds. The van der Waals surface area contributed by atoms with Gasteiger partial charge in [0, 0.05) is 0 Å². The first-order chi connectivity index (χ1) is 6.70. The van der Waals surface area contributed by atoms with Crippen LogP contribution in [0.5, 0.6) is 0 Å². The molecule has 0 fully saturated rings. The molecule has 0 aliphatic rings. The molecule has 0 aromatic heterocycles. The van der Waals surface area contributed by atoms with E-state index in [0.717, 1.165) is 19.0 Å². The number of nitrogens with zero attached hydrogens (tertiary/aromatic N) is 1. The molecule has 0 atom stereocenters. The molecule has 0 aromatic rings. The minimum absolute atomic E-state index is 0.831. The van der Waals surface area contributed by atoms with Crippen LogP contribution in [0.1, 0.15) is 40.5 Å². The molecule has 0 unspecified atom stereocenters. The fourth-order valence-electron chi connectivity index (χ4n) is 1.47. The lowest BCUT2D eigenvalue weighted by Gasteiger charge is -2.21. The predicted molar refractivity (Wildman–Crippen MR) is 64.7 cm³/mol. The molecule has 0 radical (unpaired) electrons. The fourth-order valence-corrected chi connectivity index (χ4v) is 1.47. The first-order valence-electron chi connectivity index (χ1n) is 6.13. The van der Waals surface area contributed by atoms with Crippen molar-refractivity contribution in [1.29, 1.82) is 0 Å². The van der Waals surface area contributed by atoms with E-state index in [-0.39, 0.29) is 0 Å². The number of hydrogen-bond acceptors (Lipinski definition) is 2.